The van der Waals surface area contributed by atoms with Gasteiger partial charge in [0.2, 0.25) is 0 Å². The third-order valence-electron chi connectivity index (χ3n) is 0. The van der Waals surface area contributed by atoms with Crippen LogP contribution in [0.4, 0.5) is 0 Å². The van der Waals surface area contributed by atoms with E-state index in [2.05, 4.69) is 0 Å². The van der Waals surface area contributed by atoms with Gasteiger partial charge < -0.3 is 0 Å². The van der Waals surface area contributed by atoms with Crippen molar-refractivity contribution in [3.05, 3.63) is 0 Å². The van der Waals surface area contributed by atoms with Crippen molar-refractivity contribution in [2.45, 2.75) is 0 Å². The van der Waals surface area contributed by atoms with Crippen molar-refractivity contribution >= 4 is 17.2 Å². The summed E-state index contributed by atoms with van der Waals surface area (Å²) in [5.74, 6) is 0. The predicted octanol–water partition coefficient (Wildman–Crippen LogP) is 1.26. The Labute approximate surface area is 39.0 Å². The maximum absolute atomic E-state index is 9.27. The van der Waals surface area contributed by atoms with Crippen molar-refractivity contribution < 1.29 is 21.9 Å². The Morgan fingerprint density at radius 3 is 1.50 bits per heavy atom. The van der Waals surface area contributed by atoms with Gasteiger partial charge in [-0.05, 0) is 0 Å². The van der Waals surface area contributed by atoms with Crippen LogP contribution in [0, 0.1) is 0 Å². The first-order valence-electron chi connectivity index (χ1n) is 0.582. The van der Waals surface area contributed by atoms with Crippen LogP contribution in [0.15, 0.2) is 0 Å². The summed E-state index contributed by atoms with van der Waals surface area (Å²) in [7, 11) is 9.40. The summed E-state index contributed by atoms with van der Waals surface area (Å²) in [6.45, 7) is 0. The Balaban J connectivity index is 2.80. The summed E-state index contributed by atoms with van der Waals surface area (Å²) in [5.41, 5.74) is 0. The van der Waals surface area contributed by atoms with Crippen LogP contribution in [0.5, 0.6) is 0 Å². The Morgan fingerprint density at radius 1 is 1.50 bits per heavy atom. The molecule has 1 nitrogen and oxygen atoms in total. The Bertz CT molecular complexity index is 29.0. The van der Waals surface area contributed by atoms with Crippen molar-refractivity contribution in [2.24, 2.45) is 0 Å². The quantitative estimate of drug-likeness (QED) is 0.603. The van der Waals surface area contributed by atoms with Crippen molar-refractivity contribution in [3.8, 4) is 0 Å². The minimum atomic E-state index is -2.96. The van der Waals surface area contributed by atoms with Crippen molar-refractivity contribution in [1.29, 1.82) is 0 Å². The van der Waals surface area contributed by atoms with E-state index in [4.69, 9.17) is 17.2 Å². The van der Waals surface area contributed by atoms with E-state index in [9.17, 15) is 2.85 Å². The van der Waals surface area contributed by atoms with Crippen LogP contribution in [0.3, 0.4) is 0 Å². The molecule has 0 heterocycles. The zero-order valence-electron chi connectivity index (χ0n) is 1.66. The van der Waals surface area contributed by atoms with Crippen LogP contribution in [0.25, 0.3) is 0 Å². The average Bonchev–Trinajstić information content (AvgIpc) is 0.811. The van der Waals surface area contributed by atoms with Gasteiger partial charge in [0.15, 0.2) is 0 Å². The monoisotopic (exact) mass is 266 g/mol. The van der Waals surface area contributed by atoms with Crippen molar-refractivity contribution in [1.82, 2.24) is 0 Å². The fourth-order valence-electron chi connectivity index (χ4n) is 0. The molecule has 0 saturated carbocycles. The fourth-order valence-corrected chi connectivity index (χ4v) is 0. The molecule has 0 N–H and O–H groups in total. The van der Waals surface area contributed by atoms with Crippen LogP contribution in [0.1, 0.15) is 0 Å². The topological polar surface area (TPSA) is 17.1 Å². The van der Waals surface area contributed by atoms with Gasteiger partial charge in [-0.1, -0.05) is 0 Å². The molecule has 0 aliphatic heterocycles. The van der Waals surface area contributed by atoms with Crippen molar-refractivity contribution in [2.75, 3.05) is 0 Å². The van der Waals surface area contributed by atoms with Gasteiger partial charge in [-0.2, -0.15) is 0 Å². The zero-order valence-corrected chi connectivity index (χ0v) is 6.77. The fraction of sp³-hybridized carbons (Fsp3) is 0. The molecule has 24 valence electrons. The van der Waals surface area contributed by atoms with Crippen LogP contribution in [0.2, 0.25) is 0 Å². The van der Waals surface area contributed by atoms with Crippen LogP contribution in [-0.2, 0) is 21.9 Å². The summed E-state index contributed by atoms with van der Waals surface area (Å²) in [5, 5.41) is 0. The maximum atomic E-state index is 9.27. The zero-order chi connectivity index (χ0) is 3.58. The summed E-state index contributed by atoms with van der Waals surface area (Å²) >= 11 is -2.96. The second-order valence-corrected chi connectivity index (χ2v) is 9.05. The van der Waals surface area contributed by atoms with E-state index in [1.807, 2.05) is 0 Å². The van der Waals surface area contributed by atoms with Gasteiger partial charge in [-0.15, -0.1) is 0 Å². The van der Waals surface area contributed by atoms with Gasteiger partial charge in [0.1, 0.15) is 0 Å². The van der Waals surface area contributed by atoms with Gasteiger partial charge in [-0.3, -0.25) is 0 Å². The van der Waals surface area contributed by atoms with Crippen LogP contribution >= 0.6 is 17.2 Å². The number of halogens is 2. The second-order valence-electron chi connectivity index (χ2n) is 0.226. The number of hydrogen-bond acceptors (Lipinski definition) is 1. The van der Waals surface area contributed by atoms with E-state index in [-0.39, 0.29) is 0 Å². The molecule has 4 heavy (non-hydrogen) atoms. The van der Waals surface area contributed by atoms with Gasteiger partial charge in [-0.25, -0.2) is 0 Å². The summed E-state index contributed by atoms with van der Waals surface area (Å²) in [6, 6.07) is 0. The van der Waals surface area contributed by atoms with Gasteiger partial charge in [0, 0.05) is 0 Å². The molecule has 0 aromatic heterocycles. The normalized spacial score (nSPS) is 6.50. The Hall–Kier alpha value is 1.25. The van der Waals surface area contributed by atoms with Crippen LogP contribution in [-0.4, -0.2) is 0 Å². The molecule has 0 saturated heterocycles. The Morgan fingerprint density at radius 2 is 1.50 bits per heavy atom. The molecule has 0 aromatic carbocycles. The molecular formula is Cl2HfO. The third kappa shape index (κ3) is 10.5. The molecule has 0 atom stereocenters. The third-order valence-corrected chi connectivity index (χ3v) is 0. The molecule has 0 spiro atoms. The van der Waals surface area contributed by atoms with E-state index in [1.54, 1.807) is 0 Å². The first-order chi connectivity index (χ1) is 1.73. The molecule has 0 amide bonds. The molecule has 0 aromatic rings. The molecule has 0 bridgehead atoms. The molecule has 0 fully saturated rings. The van der Waals surface area contributed by atoms with E-state index in [1.165, 1.54) is 0 Å². The standard InChI is InChI=1S/2ClH.Hf.O/h2*1H;;/q;;+2;/p-2. The van der Waals surface area contributed by atoms with E-state index < -0.39 is 19.1 Å². The predicted molar refractivity (Wildman–Crippen MR) is 12.4 cm³/mol. The van der Waals surface area contributed by atoms with E-state index in [0.29, 0.717) is 0 Å². The second kappa shape index (κ2) is 2.49. The molecule has 0 aliphatic carbocycles. The molecular weight excluding hydrogens is 265 g/mol. The van der Waals surface area contributed by atoms with E-state index >= 15 is 0 Å². The first-order valence-corrected chi connectivity index (χ1v) is 11.0. The summed E-state index contributed by atoms with van der Waals surface area (Å²) < 4.78 is 9.27. The van der Waals surface area contributed by atoms with Gasteiger partial charge in [0.25, 0.3) is 0 Å². The minimum absolute atomic E-state index is 2.96. The molecule has 0 aliphatic rings. The SMILES string of the molecule is [O]=[Hf]([Cl])[Cl]. The van der Waals surface area contributed by atoms with Gasteiger partial charge in [0.05, 0.1) is 0 Å². The number of hydrogen-bond donors (Lipinski definition) is 0. The summed E-state index contributed by atoms with van der Waals surface area (Å²) in [4.78, 5) is 0. The number of rotatable bonds is 0. The molecule has 0 unspecified atom stereocenters. The first kappa shape index (κ1) is 5.25. The van der Waals surface area contributed by atoms with Crippen LogP contribution < -0.4 is 0 Å². The summed E-state index contributed by atoms with van der Waals surface area (Å²) in [6.07, 6.45) is 0. The molecule has 0 rings (SSSR count). The Kier molecular flexibility index (Phi) is 3.26. The van der Waals surface area contributed by atoms with E-state index in [0.717, 1.165) is 0 Å². The molecule has 4 heteroatoms. The molecule has 0 radical (unpaired) electrons. The van der Waals surface area contributed by atoms with Crippen molar-refractivity contribution in [3.63, 3.8) is 0 Å². The average molecular weight is 265 g/mol. The van der Waals surface area contributed by atoms with Gasteiger partial charge >= 0.3 is 39.1 Å².